The van der Waals surface area contributed by atoms with Gasteiger partial charge in [0.1, 0.15) is 0 Å². The van der Waals surface area contributed by atoms with Gasteiger partial charge in [0, 0.05) is 38.3 Å². The van der Waals surface area contributed by atoms with Crippen LogP contribution in [0.4, 0.5) is 0 Å². The van der Waals surface area contributed by atoms with Crippen molar-refractivity contribution < 1.29 is 0 Å². The molecule has 0 amide bonds. The fourth-order valence-electron chi connectivity index (χ4n) is 4.62. The molecule has 2 saturated heterocycles. The lowest BCUT2D eigenvalue weighted by Crippen LogP contribution is -2.49. The molecule has 2 aliphatic rings. The summed E-state index contributed by atoms with van der Waals surface area (Å²) >= 11 is 0. The number of benzene rings is 1. The number of likely N-dealkylation sites (tertiary alicyclic amines) is 2. The molecule has 3 rings (SSSR count). The van der Waals surface area contributed by atoms with Crippen molar-refractivity contribution in [2.24, 2.45) is 4.99 Å². The molecule has 30 heavy (non-hydrogen) atoms. The molecule has 5 heteroatoms. The number of rotatable bonds is 7. The van der Waals surface area contributed by atoms with Gasteiger partial charge in [0.15, 0.2) is 5.96 Å². The lowest BCUT2D eigenvalue weighted by atomic mass is 10.0. The van der Waals surface area contributed by atoms with Gasteiger partial charge in [-0.25, -0.2) is 4.99 Å². The van der Waals surface area contributed by atoms with Crippen LogP contribution in [-0.4, -0.2) is 60.6 Å². The number of piperidine rings is 1. The van der Waals surface area contributed by atoms with Crippen molar-refractivity contribution >= 4 is 5.96 Å². The van der Waals surface area contributed by atoms with Crippen LogP contribution < -0.4 is 10.6 Å². The van der Waals surface area contributed by atoms with Crippen LogP contribution in [0.2, 0.25) is 0 Å². The molecule has 2 fully saturated rings. The molecular formula is C25H43N5. The van der Waals surface area contributed by atoms with E-state index in [0.717, 1.165) is 25.6 Å². The van der Waals surface area contributed by atoms with Crippen molar-refractivity contribution in [1.82, 2.24) is 20.4 Å². The quantitative estimate of drug-likeness (QED) is 0.524. The van der Waals surface area contributed by atoms with Crippen molar-refractivity contribution in [3.05, 3.63) is 35.4 Å². The third-order valence-corrected chi connectivity index (χ3v) is 6.46. The third kappa shape index (κ3) is 7.59. The Morgan fingerprint density at radius 1 is 1.03 bits per heavy atom. The Labute approximate surface area is 184 Å². The SMILES string of the molecule is CCNC(=NCc1cccc(CN2CCCCCC2)c1)NC1CCN(C(C)C)CC1. The van der Waals surface area contributed by atoms with E-state index in [0.29, 0.717) is 12.1 Å². The van der Waals surface area contributed by atoms with Crippen LogP contribution >= 0.6 is 0 Å². The standard InChI is InChI=1S/C25H43N5/c1-4-26-25(28-24-12-16-30(17-13-24)21(2)3)27-19-22-10-9-11-23(18-22)20-29-14-7-5-6-8-15-29/h9-11,18,21,24H,4-8,12-17,19-20H2,1-3H3,(H2,26,27,28). The Balaban J connectivity index is 1.54. The number of hydrogen-bond donors (Lipinski definition) is 2. The van der Waals surface area contributed by atoms with E-state index < -0.39 is 0 Å². The fourth-order valence-corrected chi connectivity index (χ4v) is 4.62. The summed E-state index contributed by atoms with van der Waals surface area (Å²) in [5.41, 5.74) is 2.72. The van der Waals surface area contributed by atoms with Gasteiger partial charge in [0.2, 0.25) is 0 Å². The molecule has 1 aromatic rings. The Kier molecular flexibility index (Phi) is 9.47. The first-order valence-electron chi connectivity index (χ1n) is 12.2. The lowest BCUT2D eigenvalue weighted by molar-refractivity contribution is 0.167. The van der Waals surface area contributed by atoms with Gasteiger partial charge in [-0.05, 0) is 70.7 Å². The molecule has 168 valence electrons. The minimum atomic E-state index is 0.521. The second-order valence-corrected chi connectivity index (χ2v) is 9.25. The Morgan fingerprint density at radius 2 is 1.73 bits per heavy atom. The zero-order valence-corrected chi connectivity index (χ0v) is 19.5. The number of nitrogens with zero attached hydrogens (tertiary/aromatic N) is 3. The van der Waals surface area contributed by atoms with E-state index in [1.54, 1.807) is 0 Å². The third-order valence-electron chi connectivity index (χ3n) is 6.46. The van der Waals surface area contributed by atoms with E-state index >= 15 is 0 Å². The van der Waals surface area contributed by atoms with Gasteiger partial charge in [0.25, 0.3) is 0 Å². The normalized spacial score (nSPS) is 20.3. The highest BCUT2D eigenvalue weighted by Gasteiger charge is 2.21. The van der Waals surface area contributed by atoms with Crippen LogP contribution in [0.3, 0.4) is 0 Å². The van der Waals surface area contributed by atoms with Gasteiger partial charge < -0.3 is 15.5 Å². The van der Waals surface area contributed by atoms with Crippen molar-refractivity contribution in [3.8, 4) is 0 Å². The Hall–Kier alpha value is -1.59. The maximum atomic E-state index is 4.90. The maximum absolute atomic E-state index is 4.90. The molecule has 0 radical (unpaired) electrons. The van der Waals surface area contributed by atoms with E-state index in [2.05, 4.69) is 65.5 Å². The van der Waals surface area contributed by atoms with Crippen LogP contribution in [0.5, 0.6) is 0 Å². The van der Waals surface area contributed by atoms with Gasteiger partial charge in [-0.2, -0.15) is 0 Å². The molecular weight excluding hydrogens is 370 g/mol. The summed E-state index contributed by atoms with van der Waals surface area (Å²) in [5, 5.41) is 7.12. The molecule has 0 unspecified atom stereocenters. The van der Waals surface area contributed by atoms with Gasteiger partial charge >= 0.3 is 0 Å². The average Bonchev–Trinajstić information content (AvgIpc) is 3.01. The molecule has 0 aliphatic carbocycles. The van der Waals surface area contributed by atoms with Crippen molar-refractivity contribution in [1.29, 1.82) is 0 Å². The highest BCUT2D eigenvalue weighted by molar-refractivity contribution is 5.80. The Morgan fingerprint density at radius 3 is 2.40 bits per heavy atom. The maximum Gasteiger partial charge on any atom is 0.191 e. The van der Waals surface area contributed by atoms with E-state index in [9.17, 15) is 0 Å². The number of hydrogen-bond acceptors (Lipinski definition) is 3. The molecule has 0 atom stereocenters. The molecule has 0 spiro atoms. The van der Waals surface area contributed by atoms with Crippen LogP contribution in [0.15, 0.2) is 29.3 Å². The predicted octanol–water partition coefficient (Wildman–Crippen LogP) is 3.99. The zero-order chi connectivity index (χ0) is 21.2. The molecule has 5 nitrogen and oxygen atoms in total. The zero-order valence-electron chi connectivity index (χ0n) is 19.5. The van der Waals surface area contributed by atoms with E-state index in [4.69, 9.17) is 4.99 Å². The smallest absolute Gasteiger partial charge is 0.191 e. The van der Waals surface area contributed by atoms with E-state index in [-0.39, 0.29) is 0 Å². The molecule has 2 N–H and O–H groups in total. The second-order valence-electron chi connectivity index (χ2n) is 9.25. The first kappa shape index (κ1) is 23.1. The van der Waals surface area contributed by atoms with Crippen LogP contribution in [0.1, 0.15) is 70.4 Å². The largest absolute Gasteiger partial charge is 0.357 e. The van der Waals surface area contributed by atoms with E-state index in [1.807, 2.05) is 0 Å². The van der Waals surface area contributed by atoms with Gasteiger partial charge in [-0.15, -0.1) is 0 Å². The molecule has 1 aromatic carbocycles. The summed E-state index contributed by atoms with van der Waals surface area (Å²) in [6.45, 7) is 14.3. The minimum Gasteiger partial charge on any atom is -0.357 e. The summed E-state index contributed by atoms with van der Waals surface area (Å²) < 4.78 is 0. The number of guanidine groups is 1. The molecule has 0 aromatic heterocycles. The van der Waals surface area contributed by atoms with Gasteiger partial charge in [-0.1, -0.05) is 37.1 Å². The monoisotopic (exact) mass is 413 g/mol. The number of aliphatic imine (C=N–C) groups is 1. The lowest BCUT2D eigenvalue weighted by Gasteiger charge is -2.35. The molecule has 2 aliphatic heterocycles. The van der Waals surface area contributed by atoms with Crippen LogP contribution in [0.25, 0.3) is 0 Å². The summed E-state index contributed by atoms with van der Waals surface area (Å²) in [4.78, 5) is 10.1. The van der Waals surface area contributed by atoms with Gasteiger partial charge in [0.05, 0.1) is 6.54 Å². The fraction of sp³-hybridized carbons (Fsp3) is 0.720. The number of nitrogens with one attached hydrogen (secondary N) is 2. The highest BCUT2D eigenvalue weighted by Crippen LogP contribution is 2.15. The molecule has 0 saturated carbocycles. The predicted molar refractivity (Wildman–Crippen MR) is 128 cm³/mol. The van der Waals surface area contributed by atoms with Crippen molar-refractivity contribution in [2.75, 3.05) is 32.7 Å². The molecule has 2 heterocycles. The topological polar surface area (TPSA) is 42.9 Å². The van der Waals surface area contributed by atoms with E-state index in [1.165, 1.54) is 75.8 Å². The van der Waals surface area contributed by atoms with Crippen molar-refractivity contribution in [2.45, 2.75) is 84.5 Å². The van der Waals surface area contributed by atoms with Crippen LogP contribution in [-0.2, 0) is 13.1 Å². The summed E-state index contributed by atoms with van der Waals surface area (Å²) in [7, 11) is 0. The molecule has 0 bridgehead atoms. The first-order chi connectivity index (χ1) is 14.6. The summed E-state index contributed by atoms with van der Waals surface area (Å²) in [6.07, 6.45) is 7.85. The minimum absolute atomic E-state index is 0.521. The van der Waals surface area contributed by atoms with Gasteiger partial charge in [-0.3, -0.25) is 4.90 Å². The Bertz CT molecular complexity index is 641. The van der Waals surface area contributed by atoms with Crippen LogP contribution in [0, 0.1) is 0 Å². The van der Waals surface area contributed by atoms with Crippen molar-refractivity contribution in [3.63, 3.8) is 0 Å². The summed E-state index contributed by atoms with van der Waals surface area (Å²) in [5.74, 6) is 0.957. The second kappa shape index (κ2) is 12.3. The first-order valence-corrected chi connectivity index (χ1v) is 12.2. The summed E-state index contributed by atoms with van der Waals surface area (Å²) in [6, 6.07) is 10.2. The average molecular weight is 414 g/mol. The highest BCUT2D eigenvalue weighted by atomic mass is 15.2.